The summed E-state index contributed by atoms with van der Waals surface area (Å²) in [6.07, 6.45) is 0. The van der Waals surface area contributed by atoms with Crippen LogP contribution in [0.2, 0.25) is 0 Å². The van der Waals surface area contributed by atoms with Gasteiger partial charge in [0, 0.05) is 18.8 Å². The van der Waals surface area contributed by atoms with Gasteiger partial charge < -0.3 is 10.3 Å². The molecule has 2 N–H and O–H groups in total. The number of benzene rings is 1. The highest BCUT2D eigenvalue weighted by atomic mass is 32.2. The minimum absolute atomic E-state index is 0.145. The second kappa shape index (κ2) is 5.50. The summed E-state index contributed by atoms with van der Waals surface area (Å²) in [6, 6.07) is 4.83. The summed E-state index contributed by atoms with van der Waals surface area (Å²) in [5.74, 6) is 0.645. The molecule has 0 aliphatic carbocycles. The summed E-state index contributed by atoms with van der Waals surface area (Å²) in [4.78, 5) is 0.186. The van der Waals surface area contributed by atoms with E-state index in [0.717, 1.165) is 11.1 Å². The number of rotatable bonds is 4. The van der Waals surface area contributed by atoms with Crippen LogP contribution in [0.4, 0.5) is 5.69 Å². The Morgan fingerprint density at radius 2 is 1.90 bits per heavy atom. The number of aryl methyl sites for hydroxylation is 2. The molecule has 0 aliphatic heterocycles. The lowest BCUT2D eigenvalue weighted by molar-refractivity contribution is 0.378. The van der Waals surface area contributed by atoms with Gasteiger partial charge in [-0.1, -0.05) is 5.16 Å². The van der Waals surface area contributed by atoms with Crippen molar-refractivity contribution in [1.82, 2.24) is 9.46 Å². The largest absolute Gasteiger partial charge is 0.398 e. The van der Waals surface area contributed by atoms with Crippen LogP contribution in [-0.4, -0.2) is 24.9 Å². The number of nitrogens with two attached hydrogens (primary N) is 1. The Labute approximate surface area is 124 Å². The van der Waals surface area contributed by atoms with Crippen LogP contribution in [0.3, 0.4) is 0 Å². The molecule has 1 aromatic carbocycles. The summed E-state index contributed by atoms with van der Waals surface area (Å²) < 4.78 is 31.3. The first-order valence-electron chi connectivity index (χ1n) is 6.47. The molecular weight excluding hydrogens is 290 g/mol. The van der Waals surface area contributed by atoms with Crippen molar-refractivity contribution in [1.29, 1.82) is 0 Å². The molecule has 2 rings (SSSR count). The molecule has 0 fully saturated rings. The summed E-state index contributed by atoms with van der Waals surface area (Å²) >= 11 is 0. The van der Waals surface area contributed by atoms with E-state index in [0.29, 0.717) is 17.1 Å². The predicted molar refractivity (Wildman–Crippen MR) is 80.2 cm³/mol. The van der Waals surface area contributed by atoms with Crippen LogP contribution < -0.4 is 5.73 Å². The summed E-state index contributed by atoms with van der Waals surface area (Å²) in [5.41, 5.74) is 8.64. The lowest BCUT2D eigenvalue weighted by Gasteiger charge is -2.17. The van der Waals surface area contributed by atoms with E-state index in [-0.39, 0.29) is 11.4 Å². The molecule has 0 atom stereocenters. The van der Waals surface area contributed by atoms with E-state index < -0.39 is 10.0 Å². The van der Waals surface area contributed by atoms with E-state index in [4.69, 9.17) is 10.3 Å². The van der Waals surface area contributed by atoms with Gasteiger partial charge in [0.25, 0.3) is 0 Å². The minimum Gasteiger partial charge on any atom is -0.398 e. The van der Waals surface area contributed by atoms with Crippen LogP contribution in [0.5, 0.6) is 0 Å². The predicted octanol–water partition coefficient (Wildman–Crippen LogP) is 2.00. The highest BCUT2D eigenvalue weighted by Gasteiger charge is 2.23. The van der Waals surface area contributed by atoms with E-state index in [9.17, 15) is 8.42 Å². The topological polar surface area (TPSA) is 89.4 Å². The maximum Gasteiger partial charge on any atom is 0.243 e. The lowest BCUT2D eigenvalue weighted by atomic mass is 10.1. The number of hydrogen-bond acceptors (Lipinski definition) is 5. The Kier molecular flexibility index (Phi) is 4.06. The molecule has 21 heavy (non-hydrogen) atoms. The van der Waals surface area contributed by atoms with Crippen LogP contribution in [-0.2, 0) is 16.6 Å². The van der Waals surface area contributed by atoms with Gasteiger partial charge in [0.05, 0.1) is 17.1 Å². The molecule has 6 nitrogen and oxygen atoms in total. The Bertz CT molecular complexity index is 743. The third-order valence-corrected chi connectivity index (χ3v) is 5.23. The molecule has 0 saturated heterocycles. The number of hydrogen-bond donors (Lipinski definition) is 1. The average Bonchev–Trinajstić information content (AvgIpc) is 2.80. The summed E-state index contributed by atoms with van der Waals surface area (Å²) in [7, 11) is -2.11. The van der Waals surface area contributed by atoms with Gasteiger partial charge in [0.15, 0.2) is 0 Å². The molecule has 0 bridgehead atoms. The number of anilines is 1. The normalized spacial score (nSPS) is 12.0. The average molecular weight is 309 g/mol. The molecule has 1 aromatic heterocycles. The quantitative estimate of drug-likeness (QED) is 0.873. The molecule has 0 saturated carbocycles. The molecular formula is C14H19N3O3S. The maximum absolute atomic E-state index is 12.6. The number of sulfonamides is 1. The number of nitrogen functional groups attached to an aromatic ring is 1. The Morgan fingerprint density at radius 3 is 2.43 bits per heavy atom. The monoisotopic (exact) mass is 309 g/mol. The van der Waals surface area contributed by atoms with Crippen molar-refractivity contribution < 1.29 is 12.9 Å². The van der Waals surface area contributed by atoms with Crippen molar-refractivity contribution in [2.24, 2.45) is 0 Å². The number of aromatic nitrogens is 1. The summed E-state index contributed by atoms with van der Waals surface area (Å²) in [6.45, 7) is 5.61. The van der Waals surface area contributed by atoms with Crippen molar-refractivity contribution in [2.45, 2.75) is 32.2 Å². The number of nitrogens with zero attached hydrogens (tertiary/aromatic N) is 2. The third-order valence-electron chi connectivity index (χ3n) is 3.45. The van der Waals surface area contributed by atoms with E-state index in [1.54, 1.807) is 19.1 Å². The van der Waals surface area contributed by atoms with Gasteiger partial charge in [0.1, 0.15) is 5.76 Å². The maximum atomic E-state index is 12.6. The highest BCUT2D eigenvalue weighted by molar-refractivity contribution is 7.89. The van der Waals surface area contributed by atoms with Gasteiger partial charge in [-0.3, -0.25) is 0 Å². The van der Waals surface area contributed by atoms with Gasteiger partial charge in [0.2, 0.25) is 10.0 Å². The Hall–Kier alpha value is -1.86. The Balaban J connectivity index is 2.33. The fourth-order valence-corrected chi connectivity index (χ4v) is 3.25. The molecule has 0 aliphatic rings. The Morgan fingerprint density at radius 1 is 1.24 bits per heavy atom. The fraction of sp³-hybridized carbons (Fsp3) is 0.357. The second-order valence-electron chi connectivity index (χ2n) is 5.14. The molecule has 2 aromatic rings. The smallest absolute Gasteiger partial charge is 0.243 e. The minimum atomic E-state index is -3.62. The SMILES string of the molecule is Cc1cc(CN(C)S(=O)(=O)c2cc(C)c(C)c(N)c2)no1. The third kappa shape index (κ3) is 3.08. The standard InChI is InChI=1S/C14H19N3O3S/c1-9-5-13(7-14(15)11(9)3)21(18,19)17(4)8-12-6-10(2)20-16-12/h5-7H,8,15H2,1-4H3. The molecule has 0 amide bonds. The van der Waals surface area contributed by atoms with Crippen molar-refractivity contribution in [3.05, 3.63) is 40.8 Å². The second-order valence-corrected chi connectivity index (χ2v) is 7.19. The zero-order chi connectivity index (χ0) is 15.8. The van der Waals surface area contributed by atoms with Gasteiger partial charge in [-0.05, 0) is 44.0 Å². The first kappa shape index (κ1) is 15.5. The van der Waals surface area contributed by atoms with Gasteiger partial charge in [-0.25, -0.2) is 8.42 Å². The van der Waals surface area contributed by atoms with Crippen molar-refractivity contribution in [2.75, 3.05) is 12.8 Å². The lowest BCUT2D eigenvalue weighted by Crippen LogP contribution is -2.27. The van der Waals surface area contributed by atoms with Crippen LogP contribution >= 0.6 is 0 Å². The van der Waals surface area contributed by atoms with Crippen LogP contribution in [0.1, 0.15) is 22.6 Å². The van der Waals surface area contributed by atoms with Crippen LogP contribution in [0, 0.1) is 20.8 Å². The van der Waals surface area contributed by atoms with E-state index >= 15 is 0 Å². The van der Waals surface area contributed by atoms with Gasteiger partial charge >= 0.3 is 0 Å². The van der Waals surface area contributed by atoms with Gasteiger partial charge in [-0.2, -0.15) is 4.31 Å². The van der Waals surface area contributed by atoms with E-state index in [1.807, 2.05) is 13.8 Å². The summed E-state index contributed by atoms with van der Waals surface area (Å²) in [5, 5.41) is 3.81. The van der Waals surface area contributed by atoms with Crippen LogP contribution in [0.25, 0.3) is 0 Å². The van der Waals surface area contributed by atoms with Gasteiger partial charge in [-0.15, -0.1) is 0 Å². The molecule has 0 spiro atoms. The zero-order valence-electron chi connectivity index (χ0n) is 12.5. The fourth-order valence-electron chi connectivity index (χ4n) is 1.99. The van der Waals surface area contributed by atoms with Crippen molar-refractivity contribution in [3.63, 3.8) is 0 Å². The van der Waals surface area contributed by atoms with Crippen molar-refractivity contribution >= 4 is 15.7 Å². The van der Waals surface area contributed by atoms with Crippen LogP contribution in [0.15, 0.2) is 27.6 Å². The van der Waals surface area contributed by atoms with Crippen molar-refractivity contribution in [3.8, 4) is 0 Å². The van der Waals surface area contributed by atoms with E-state index in [2.05, 4.69) is 5.16 Å². The molecule has 0 unspecified atom stereocenters. The highest BCUT2D eigenvalue weighted by Crippen LogP contribution is 2.24. The molecule has 1 heterocycles. The zero-order valence-corrected chi connectivity index (χ0v) is 13.4. The first-order valence-corrected chi connectivity index (χ1v) is 7.91. The molecule has 114 valence electrons. The van der Waals surface area contributed by atoms with E-state index in [1.165, 1.54) is 17.4 Å². The molecule has 7 heteroatoms. The molecule has 0 radical (unpaired) electrons. The first-order chi connectivity index (χ1) is 9.71.